The standard InChI is InChI=1S/C11H16O2/c1-11(12,6-4-9-2-3-9)10-5-7-13-8-10/h5,7-9,12H,2-4,6H2,1H3. The number of hydrogen-bond donors (Lipinski definition) is 1. The fourth-order valence-corrected chi connectivity index (χ4v) is 1.61. The normalized spacial score (nSPS) is 21.4. The Morgan fingerprint density at radius 2 is 2.38 bits per heavy atom. The van der Waals surface area contributed by atoms with Crippen LogP contribution in [0, 0.1) is 5.92 Å². The SMILES string of the molecule is CC(O)(CCC1CC1)c1ccoc1. The van der Waals surface area contributed by atoms with Crippen LogP contribution in [0.15, 0.2) is 23.0 Å². The molecule has 1 heterocycles. The van der Waals surface area contributed by atoms with E-state index in [9.17, 15) is 5.11 Å². The van der Waals surface area contributed by atoms with Crippen LogP contribution in [-0.2, 0) is 5.60 Å². The molecule has 2 heteroatoms. The average molecular weight is 180 g/mol. The molecule has 1 unspecified atom stereocenters. The molecular weight excluding hydrogens is 164 g/mol. The minimum Gasteiger partial charge on any atom is -0.472 e. The van der Waals surface area contributed by atoms with Crippen LogP contribution in [0.5, 0.6) is 0 Å². The van der Waals surface area contributed by atoms with Gasteiger partial charge in [-0.15, -0.1) is 0 Å². The van der Waals surface area contributed by atoms with Crippen molar-refractivity contribution >= 4 is 0 Å². The van der Waals surface area contributed by atoms with Crippen LogP contribution in [0.2, 0.25) is 0 Å². The van der Waals surface area contributed by atoms with Crippen molar-refractivity contribution in [3.8, 4) is 0 Å². The molecule has 1 aliphatic carbocycles. The molecule has 72 valence electrons. The van der Waals surface area contributed by atoms with E-state index < -0.39 is 5.60 Å². The number of furan rings is 1. The lowest BCUT2D eigenvalue weighted by Crippen LogP contribution is -2.20. The molecule has 0 aliphatic heterocycles. The lowest BCUT2D eigenvalue weighted by Gasteiger charge is -2.21. The lowest BCUT2D eigenvalue weighted by atomic mass is 9.92. The van der Waals surface area contributed by atoms with Gasteiger partial charge in [0.25, 0.3) is 0 Å². The zero-order valence-corrected chi connectivity index (χ0v) is 7.99. The second kappa shape index (κ2) is 3.18. The van der Waals surface area contributed by atoms with Crippen molar-refractivity contribution in [3.63, 3.8) is 0 Å². The topological polar surface area (TPSA) is 33.4 Å². The van der Waals surface area contributed by atoms with Gasteiger partial charge in [-0.25, -0.2) is 0 Å². The maximum atomic E-state index is 10.1. The van der Waals surface area contributed by atoms with Gasteiger partial charge in [0.1, 0.15) is 0 Å². The maximum absolute atomic E-state index is 10.1. The molecule has 0 aromatic carbocycles. The van der Waals surface area contributed by atoms with E-state index in [0.29, 0.717) is 0 Å². The summed E-state index contributed by atoms with van der Waals surface area (Å²) >= 11 is 0. The van der Waals surface area contributed by atoms with Crippen molar-refractivity contribution in [2.45, 2.75) is 38.2 Å². The molecule has 1 fully saturated rings. The zero-order chi connectivity index (χ0) is 9.31. The Bertz CT molecular complexity index is 258. The van der Waals surface area contributed by atoms with E-state index in [-0.39, 0.29) is 0 Å². The number of hydrogen-bond acceptors (Lipinski definition) is 2. The summed E-state index contributed by atoms with van der Waals surface area (Å²) in [5.74, 6) is 0.873. The fraction of sp³-hybridized carbons (Fsp3) is 0.636. The Labute approximate surface area is 78.6 Å². The molecule has 0 amide bonds. The molecule has 1 aliphatic rings. The van der Waals surface area contributed by atoms with Crippen LogP contribution in [-0.4, -0.2) is 5.11 Å². The number of rotatable bonds is 4. The molecule has 1 atom stereocenters. The van der Waals surface area contributed by atoms with E-state index in [1.807, 2.05) is 13.0 Å². The highest BCUT2D eigenvalue weighted by Crippen LogP contribution is 2.37. The molecule has 0 bridgehead atoms. The van der Waals surface area contributed by atoms with Crippen molar-refractivity contribution in [2.24, 2.45) is 5.92 Å². The largest absolute Gasteiger partial charge is 0.472 e. The molecule has 2 nitrogen and oxygen atoms in total. The van der Waals surface area contributed by atoms with E-state index in [0.717, 1.165) is 24.3 Å². The molecule has 0 radical (unpaired) electrons. The molecule has 2 rings (SSSR count). The van der Waals surface area contributed by atoms with Crippen molar-refractivity contribution in [3.05, 3.63) is 24.2 Å². The molecule has 0 saturated heterocycles. The average Bonchev–Trinajstić information content (AvgIpc) is 2.74. The van der Waals surface area contributed by atoms with Gasteiger partial charge in [-0.05, 0) is 31.7 Å². The molecule has 1 saturated carbocycles. The summed E-state index contributed by atoms with van der Waals surface area (Å²) in [7, 11) is 0. The van der Waals surface area contributed by atoms with Gasteiger partial charge >= 0.3 is 0 Å². The molecule has 0 spiro atoms. The van der Waals surface area contributed by atoms with Gasteiger partial charge in [0.05, 0.1) is 18.1 Å². The molecule has 1 aromatic heterocycles. The molecule has 1 N–H and O–H groups in total. The third-order valence-electron chi connectivity index (χ3n) is 2.88. The second-order valence-electron chi connectivity index (χ2n) is 4.27. The third kappa shape index (κ3) is 2.13. The van der Waals surface area contributed by atoms with E-state index in [4.69, 9.17) is 4.42 Å². The van der Waals surface area contributed by atoms with E-state index >= 15 is 0 Å². The zero-order valence-electron chi connectivity index (χ0n) is 7.99. The fourth-order valence-electron chi connectivity index (χ4n) is 1.61. The molecule has 13 heavy (non-hydrogen) atoms. The Morgan fingerprint density at radius 3 is 2.92 bits per heavy atom. The highest BCUT2D eigenvalue weighted by molar-refractivity contribution is 5.14. The Kier molecular flexibility index (Phi) is 2.16. The van der Waals surface area contributed by atoms with Crippen molar-refractivity contribution in [1.82, 2.24) is 0 Å². The summed E-state index contributed by atoms with van der Waals surface area (Å²) in [5, 5.41) is 10.1. The highest BCUT2D eigenvalue weighted by atomic mass is 16.3. The smallest absolute Gasteiger partial charge is 0.0963 e. The van der Waals surface area contributed by atoms with Gasteiger partial charge in [-0.2, -0.15) is 0 Å². The summed E-state index contributed by atoms with van der Waals surface area (Å²) in [4.78, 5) is 0. The summed E-state index contributed by atoms with van der Waals surface area (Å²) in [6.07, 6.45) is 7.92. The van der Waals surface area contributed by atoms with Crippen LogP contribution in [0.1, 0.15) is 38.2 Å². The highest BCUT2D eigenvalue weighted by Gasteiger charge is 2.28. The predicted molar refractivity (Wildman–Crippen MR) is 50.2 cm³/mol. The first-order valence-electron chi connectivity index (χ1n) is 4.93. The van der Waals surface area contributed by atoms with Crippen LogP contribution < -0.4 is 0 Å². The monoisotopic (exact) mass is 180 g/mol. The van der Waals surface area contributed by atoms with E-state index in [2.05, 4.69) is 0 Å². The Morgan fingerprint density at radius 1 is 1.62 bits per heavy atom. The minimum atomic E-state index is -0.699. The van der Waals surface area contributed by atoms with Crippen LogP contribution in [0.4, 0.5) is 0 Å². The predicted octanol–water partition coefficient (Wildman–Crippen LogP) is 2.68. The van der Waals surface area contributed by atoms with Gasteiger partial charge in [0.15, 0.2) is 0 Å². The molecule has 1 aromatic rings. The Balaban J connectivity index is 1.93. The summed E-state index contributed by atoms with van der Waals surface area (Å²) in [6.45, 7) is 1.86. The van der Waals surface area contributed by atoms with E-state index in [1.165, 1.54) is 12.8 Å². The van der Waals surface area contributed by atoms with Gasteiger partial charge in [-0.1, -0.05) is 12.8 Å². The summed E-state index contributed by atoms with van der Waals surface area (Å²) < 4.78 is 4.96. The summed E-state index contributed by atoms with van der Waals surface area (Å²) in [6, 6.07) is 1.84. The van der Waals surface area contributed by atoms with Crippen LogP contribution >= 0.6 is 0 Å². The lowest BCUT2D eigenvalue weighted by molar-refractivity contribution is 0.0434. The Hall–Kier alpha value is -0.760. The van der Waals surface area contributed by atoms with Crippen molar-refractivity contribution in [1.29, 1.82) is 0 Å². The summed E-state index contributed by atoms with van der Waals surface area (Å²) in [5.41, 5.74) is 0.198. The van der Waals surface area contributed by atoms with Gasteiger partial charge in [0.2, 0.25) is 0 Å². The first-order chi connectivity index (χ1) is 6.18. The van der Waals surface area contributed by atoms with E-state index in [1.54, 1.807) is 12.5 Å². The second-order valence-corrected chi connectivity index (χ2v) is 4.27. The van der Waals surface area contributed by atoms with Crippen LogP contribution in [0.3, 0.4) is 0 Å². The quantitative estimate of drug-likeness (QED) is 0.772. The molecular formula is C11H16O2. The van der Waals surface area contributed by atoms with Gasteiger partial charge in [0, 0.05) is 5.56 Å². The maximum Gasteiger partial charge on any atom is 0.0963 e. The van der Waals surface area contributed by atoms with Gasteiger partial charge in [-0.3, -0.25) is 0 Å². The first-order valence-corrected chi connectivity index (χ1v) is 4.93. The van der Waals surface area contributed by atoms with Crippen molar-refractivity contribution < 1.29 is 9.52 Å². The van der Waals surface area contributed by atoms with Crippen LogP contribution in [0.25, 0.3) is 0 Å². The van der Waals surface area contributed by atoms with Crippen molar-refractivity contribution in [2.75, 3.05) is 0 Å². The first kappa shape index (κ1) is 8.82. The van der Waals surface area contributed by atoms with Gasteiger partial charge < -0.3 is 9.52 Å². The minimum absolute atomic E-state index is 0.699. The third-order valence-corrected chi connectivity index (χ3v) is 2.88. The number of aliphatic hydroxyl groups is 1.